The molecule has 2 N–H and O–H groups in total. The molecule has 0 aliphatic rings. The summed E-state index contributed by atoms with van der Waals surface area (Å²) in [6.07, 6.45) is 0. The molecule has 0 radical (unpaired) electrons. The molecule has 0 heterocycles. The standard InChI is InChI=1S/C7H7NO.C4H10S/c8-7(9)6-4-2-1-3-5-6;1-3-5-4-2/h1-5H,(H2,8,9);3-4H2,1-2H3. The Hall–Kier alpha value is -0.960. The molecule has 1 aromatic carbocycles. The Labute approximate surface area is 89.9 Å². The molecule has 0 spiro atoms. The number of amides is 1. The first-order chi connectivity index (χ1) is 6.72. The number of hydrogen-bond donors (Lipinski definition) is 1. The number of carbonyl (C=O) groups is 1. The third-order valence-corrected chi connectivity index (χ3v) is 2.28. The summed E-state index contributed by atoms with van der Waals surface area (Å²) in [5, 5.41) is 0. The van der Waals surface area contributed by atoms with Gasteiger partial charge >= 0.3 is 0 Å². The van der Waals surface area contributed by atoms with E-state index in [-0.39, 0.29) is 5.91 Å². The van der Waals surface area contributed by atoms with Gasteiger partial charge in [0.2, 0.25) is 5.91 Å². The van der Waals surface area contributed by atoms with Gasteiger partial charge in [-0.2, -0.15) is 11.8 Å². The van der Waals surface area contributed by atoms with E-state index < -0.39 is 0 Å². The first-order valence-corrected chi connectivity index (χ1v) is 5.80. The third kappa shape index (κ3) is 6.54. The third-order valence-electron chi connectivity index (χ3n) is 1.47. The van der Waals surface area contributed by atoms with E-state index in [1.54, 1.807) is 24.3 Å². The summed E-state index contributed by atoms with van der Waals surface area (Å²) < 4.78 is 0. The van der Waals surface area contributed by atoms with Crippen LogP contribution in [0, 0.1) is 0 Å². The Morgan fingerprint density at radius 2 is 1.71 bits per heavy atom. The number of primary amides is 1. The average molecular weight is 211 g/mol. The normalized spacial score (nSPS) is 8.71. The zero-order valence-corrected chi connectivity index (χ0v) is 9.51. The highest BCUT2D eigenvalue weighted by molar-refractivity contribution is 7.99. The van der Waals surface area contributed by atoms with E-state index in [1.807, 2.05) is 17.8 Å². The number of hydrogen-bond acceptors (Lipinski definition) is 2. The predicted octanol–water partition coefficient (Wildman–Crippen LogP) is 2.54. The number of thioether (sulfide) groups is 1. The molecule has 0 saturated carbocycles. The van der Waals surface area contributed by atoms with Crippen LogP contribution in [0.15, 0.2) is 30.3 Å². The van der Waals surface area contributed by atoms with Crippen molar-refractivity contribution in [3.05, 3.63) is 35.9 Å². The predicted molar refractivity (Wildman–Crippen MR) is 63.6 cm³/mol. The van der Waals surface area contributed by atoms with Gasteiger partial charge < -0.3 is 5.73 Å². The molecular formula is C11H17NOS. The summed E-state index contributed by atoms with van der Waals surface area (Å²) in [5.41, 5.74) is 5.53. The molecule has 78 valence electrons. The quantitative estimate of drug-likeness (QED) is 0.835. The molecule has 0 fully saturated rings. The van der Waals surface area contributed by atoms with Crippen LogP contribution in [-0.2, 0) is 0 Å². The maximum Gasteiger partial charge on any atom is 0.248 e. The van der Waals surface area contributed by atoms with Crippen LogP contribution in [0.25, 0.3) is 0 Å². The van der Waals surface area contributed by atoms with Crippen molar-refractivity contribution in [2.75, 3.05) is 11.5 Å². The summed E-state index contributed by atoms with van der Waals surface area (Å²) in [5.74, 6) is 2.14. The molecule has 0 aromatic heterocycles. The van der Waals surface area contributed by atoms with Crippen molar-refractivity contribution < 1.29 is 4.79 Å². The van der Waals surface area contributed by atoms with E-state index in [0.29, 0.717) is 5.56 Å². The van der Waals surface area contributed by atoms with Crippen molar-refractivity contribution in [3.63, 3.8) is 0 Å². The largest absolute Gasteiger partial charge is 0.366 e. The highest BCUT2D eigenvalue weighted by Gasteiger charge is 1.93. The lowest BCUT2D eigenvalue weighted by atomic mass is 10.2. The van der Waals surface area contributed by atoms with Crippen LogP contribution in [-0.4, -0.2) is 17.4 Å². The molecule has 0 saturated heterocycles. The van der Waals surface area contributed by atoms with Gasteiger partial charge in [-0.15, -0.1) is 0 Å². The fourth-order valence-electron chi connectivity index (χ4n) is 0.807. The van der Waals surface area contributed by atoms with E-state index in [0.717, 1.165) is 0 Å². The Balaban J connectivity index is 0.000000292. The van der Waals surface area contributed by atoms with Crippen molar-refractivity contribution in [1.82, 2.24) is 0 Å². The first-order valence-electron chi connectivity index (χ1n) is 4.65. The van der Waals surface area contributed by atoms with Crippen molar-refractivity contribution >= 4 is 17.7 Å². The Kier molecular flexibility index (Phi) is 8.04. The second-order valence-corrected chi connectivity index (χ2v) is 4.07. The van der Waals surface area contributed by atoms with Gasteiger partial charge in [0.25, 0.3) is 0 Å². The molecule has 0 unspecified atom stereocenters. The van der Waals surface area contributed by atoms with Gasteiger partial charge in [-0.25, -0.2) is 0 Å². The van der Waals surface area contributed by atoms with Gasteiger partial charge in [0.05, 0.1) is 0 Å². The molecule has 1 rings (SSSR count). The van der Waals surface area contributed by atoms with E-state index in [4.69, 9.17) is 5.73 Å². The maximum absolute atomic E-state index is 10.4. The molecule has 1 amide bonds. The first kappa shape index (κ1) is 13.0. The lowest BCUT2D eigenvalue weighted by Crippen LogP contribution is -2.09. The Morgan fingerprint density at radius 3 is 1.93 bits per heavy atom. The van der Waals surface area contributed by atoms with Crippen molar-refractivity contribution in [3.8, 4) is 0 Å². The van der Waals surface area contributed by atoms with Crippen molar-refractivity contribution in [2.24, 2.45) is 5.73 Å². The summed E-state index contributed by atoms with van der Waals surface area (Å²) in [4.78, 5) is 10.4. The fourth-order valence-corrected chi connectivity index (χ4v) is 1.21. The van der Waals surface area contributed by atoms with Crippen LogP contribution in [0.5, 0.6) is 0 Å². The molecule has 0 aliphatic carbocycles. The number of carbonyl (C=O) groups excluding carboxylic acids is 1. The van der Waals surface area contributed by atoms with Gasteiger partial charge in [0, 0.05) is 5.56 Å². The van der Waals surface area contributed by atoms with Crippen molar-refractivity contribution in [1.29, 1.82) is 0 Å². The van der Waals surface area contributed by atoms with Crippen LogP contribution < -0.4 is 5.73 Å². The monoisotopic (exact) mass is 211 g/mol. The zero-order valence-electron chi connectivity index (χ0n) is 8.69. The van der Waals surface area contributed by atoms with Gasteiger partial charge in [-0.05, 0) is 23.6 Å². The minimum absolute atomic E-state index is 0.379. The molecule has 1 aromatic rings. The summed E-state index contributed by atoms with van der Waals surface area (Å²) >= 11 is 1.96. The zero-order chi connectivity index (χ0) is 10.8. The Morgan fingerprint density at radius 1 is 1.21 bits per heavy atom. The minimum atomic E-state index is -0.379. The molecule has 0 aliphatic heterocycles. The lowest BCUT2D eigenvalue weighted by Gasteiger charge is -1.89. The van der Waals surface area contributed by atoms with E-state index >= 15 is 0 Å². The maximum atomic E-state index is 10.4. The van der Waals surface area contributed by atoms with Gasteiger partial charge in [0.1, 0.15) is 0 Å². The number of rotatable bonds is 3. The summed E-state index contributed by atoms with van der Waals surface area (Å²) in [6, 6.07) is 8.76. The van der Waals surface area contributed by atoms with Crippen LogP contribution in [0.4, 0.5) is 0 Å². The highest BCUT2D eigenvalue weighted by atomic mass is 32.2. The van der Waals surface area contributed by atoms with Crippen LogP contribution in [0.1, 0.15) is 24.2 Å². The topological polar surface area (TPSA) is 43.1 Å². The summed E-state index contributed by atoms with van der Waals surface area (Å²) in [6.45, 7) is 4.35. The van der Waals surface area contributed by atoms with E-state index in [2.05, 4.69) is 13.8 Å². The SMILES string of the molecule is CCSCC.NC(=O)c1ccccc1. The summed E-state index contributed by atoms with van der Waals surface area (Å²) in [7, 11) is 0. The molecule has 14 heavy (non-hydrogen) atoms. The van der Waals surface area contributed by atoms with Crippen LogP contribution >= 0.6 is 11.8 Å². The second-order valence-electron chi connectivity index (χ2n) is 2.51. The molecular weight excluding hydrogens is 194 g/mol. The molecule has 3 heteroatoms. The van der Waals surface area contributed by atoms with Gasteiger partial charge in [0.15, 0.2) is 0 Å². The fraction of sp³-hybridized carbons (Fsp3) is 0.364. The Bertz CT molecular complexity index is 247. The van der Waals surface area contributed by atoms with Gasteiger partial charge in [-0.3, -0.25) is 4.79 Å². The van der Waals surface area contributed by atoms with Crippen LogP contribution in [0.3, 0.4) is 0 Å². The molecule has 0 atom stereocenters. The molecule has 0 bridgehead atoms. The smallest absolute Gasteiger partial charge is 0.248 e. The van der Waals surface area contributed by atoms with Crippen molar-refractivity contribution in [2.45, 2.75) is 13.8 Å². The lowest BCUT2D eigenvalue weighted by molar-refractivity contribution is 0.100. The minimum Gasteiger partial charge on any atom is -0.366 e. The van der Waals surface area contributed by atoms with E-state index in [9.17, 15) is 4.79 Å². The number of nitrogens with two attached hydrogens (primary N) is 1. The van der Waals surface area contributed by atoms with Gasteiger partial charge in [-0.1, -0.05) is 32.0 Å². The van der Waals surface area contributed by atoms with Crippen LogP contribution in [0.2, 0.25) is 0 Å². The molecule has 2 nitrogen and oxygen atoms in total. The second kappa shape index (κ2) is 8.63. The average Bonchev–Trinajstić information content (AvgIpc) is 2.21. The highest BCUT2D eigenvalue weighted by Crippen LogP contribution is 1.94. The van der Waals surface area contributed by atoms with E-state index in [1.165, 1.54) is 11.5 Å². The number of benzene rings is 1.